The number of aromatic nitrogens is 4. The Morgan fingerprint density at radius 1 is 1.41 bits per heavy atom. The summed E-state index contributed by atoms with van der Waals surface area (Å²) in [6, 6.07) is 1.61. The molecule has 3 rings (SSSR count). The average molecular weight is 408 g/mol. The summed E-state index contributed by atoms with van der Waals surface area (Å²) in [5, 5.41) is 6.61. The van der Waals surface area contributed by atoms with Crippen molar-refractivity contribution in [3.63, 3.8) is 0 Å². The molecule has 3 heterocycles. The van der Waals surface area contributed by atoms with Crippen molar-refractivity contribution in [1.82, 2.24) is 19.6 Å². The maximum absolute atomic E-state index is 13.0. The van der Waals surface area contributed by atoms with Crippen molar-refractivity contribution >= 4 is 40.5 Å². The van der Waals surface area contributed by atoms with E-state index in [1.54, 1.807) is 22.3 Å². The van der Waals surface area contributed by atoms with Gasteiger partial charge in [0.2, 0.25) is 0 Å². The Kier molecular flexibility index (Phi) is 5.39. The normalized spacial score (nSPS) is 12.0. The Labute approximate surface area is 166 Å². The van der Waals surface area contributed by atoms with Crippen LogP contribution in [0, 0.1) is 0 Å². The van der Waals surface area contributed by atoms with Gasteiger partial charge in [0.1, 0.15) is 16.6 Å². The molecular formula is C18H22ClN5O2S. The summed E-state index contributed by atoms with van der Waals surface area (Å²) in [4.78, 5) is 23.1. The number of anilines is 1. The standard InChI is InChI=1S/C18H22ClN5O2S/c1-11(2)13-7-21-24-15(6-14(19)22-16(13)24)23(8-12-9-27-10-20-12)17(25)26-18(3,4)5/h6-7,9-11H,8H2,1-5H3. The van der Waals surface area contributed by atoms with E-state index in [9.17, 15) is 4.79 Å². The molecule has 9 heteroatoms. The predicted octanol–water partition coefficient (Wildman–Crippen LogP) is 4.90. The smallest absolute Gasteiger partial charge is 0.416 e. The number of ether oxygens (including phenoxy) is 1. The zero-order valence-corrected chi connectivity index (χ0v) is 17.5. The number of hydrogen-bond donors (Lipinski definition) is 0. The fourth-order valence-electron chi connectivity index (χ4n) is 2.57. The predicted molar refractivity (Wildman–Crippen MR) is 107 cm³/mol. The Hall–Kier alpha value is -2.19. The lowest BCUT2D eigenvalue weighted by atomic mass is 10.1. The van der Waals surface area contributed by atoms with Crippen LogP contribution in [-0.2, 0) is 11.3 Å². The van der Waals surface area contributed by atoms with Gasteiger partial charge in [-0.1, -0.05) is 25.4 Å². The second-order valence-electron chi connectivity index (χ2n) is 7.47. The van der Waals surface area contributed by atoms with Crippen LogP contribution >= 0.6 is 22.9 Å². The number of rotatable bonds is 4. The van der Waals surface area contributed by atoms with Crippen molar-refractivity contribution in [3.8, 4) is 0 Å². The highest BCUT2D eigenvalue weighted by Crippen LogP contribution is 2.28. The molecule has 0 aromatic carbocycles. The van der Waals surface area contributed by atoms with E-state index >= 15 is 0 Å². The number of nitrogens with zero attached hydrogens (tertiary/aromatic N) is 5. The number of thiazole rings is 1. The number of halogens is 1. The van der Waals surface area contributed by atoms with Gasteiger partial charge < -0.3 is 4.74 Å². The zero-order valence-electron chi connectivity index (χ0n) is 15.9. The van der Waals surface area contributed by atoms with Crippen LogP contribution in [0.1, 0.15) is 51.8 Å². The first-order valence-corrected chi connectivity index (χ1v) is 9.89. The van der Waals surface area contributed by atoms with E-state index < -0.39 is 11.7 Å². The molecule has 3 aromatic heterocycles. The van der Waals surface area contributed by atoms with Gasteiger partial charge in [-0.15, -0.1) is 11.3 Å². The molecule has 144 valence electrons. The van der Waals surface area contributed by atoms with Crippen LogP contribution in [-0.4, -0.2) is 31.3 Å². The van der Waals surface area contributed by atoms with Gasteiger partial charge in [-0.2, -0.15) is 9.61 Å². The van der Waals surface area contributed by atoms with Crippen molar-refractivity contribution < 1.29 is 9.53 Å². The summed E-state index contributed by atoms with van der Waals surface area (Å²) in [6.07, 6.45) is 1.25. The van der Waals surface area contributed by atoms with Gasteiger partial charge >= 0.3 is 6.09 Å². The second kappa shape index (κ2) is 7.44. The van der Waals surface area contributed by atoms with Gasteiger partial charge in [-0.3, -0.25) is 4.90 Å². The molecule has 1 amide bonds. The van der Waals surface area contributed by atoms with E-state index in [0.29, 0.717) is 11.5 Å². The van der Waals surface area contributed by atoms with Crippen molar-refractivity contribution in [3.05, 3.63) is 39.6 Å². The molecule has 7 nitrogen and oxygen atoms in total. The topological polar surface area (TPSA) is 72.6 Å². The number of amides is 1. The van der Waals surface area contributed by atoms with E-state index in [1.165, 1.54) is 16.2 Å². The molecular weight excluding hydrogens is 386 g/mol. The van der Waals surface area contributed by atoms with E-state index in [2.05, 4.69) is 28.9 Å². The van der Waals surface area contributed by atoms with Crippen LogP contribution in [0.5, 0.6) is 0 Å². The van der Waals surface area contributed by atoms with Gasteiger partial charge in [0.25, 0.3) is 0 Å². The van der Waals surface area contributed by atoms with Crippen LogP contribution in [0.3, 0.4) is 0 Å². The fraction of sp³-hybridized carbons (Fsp3) is 0.444. The number of hydrogen-bond acceptors (Lipinski definition) is 6. The fourth-order valence-corrected chi connectivity index (χ4v) is 3.30. The third kappa shape index (κ3) is 4.39. The lowest BCUT2D eigenvalue weighted by Gasteiger charge is -2.27. The molecule has 0 spiro atoms. The van der Waals surface area contributed by atoms with Crippen LogP contribution in [0.15, 0.2) is 23.2 Å². The molecule has 0 saturated carbocycles. The van der Waals surface area contributed by atoms with Crippen LogP contribution in [0.2, 0.25) is 5.15 Å². The van der Waals surface area contributed by atoms with Gasteiger partial charge in [-0.05, 0) is 26.7 Å². The molecule has 0 fully saturated rings. The first kappa shape index (κ1) is 19.6. The Bertz CT molecular complexity index is 947. The summed E-state index contributed by atoms with van der Waals surface area (Å²) in [6.45, 7) is 9.83. The number of carbonyl (C=O) groups excluding carboxylic acids is 1. The van der Waals surface area contributed by atoms with E-state index in [-0.39, 0.29) is 17.6 Å². The molecule has 0 radical (unpaired) electrons. The molecule has 0 bridgehead atoms. The van der Waals surface area contributed by atoms with E-state index in [0.717, 1.165) is 11.3 Å². The van der Waals surface area contributed by atoms with Gasteiger partial charge in [-0.25, -0.2) is 14.8 Å². The van der Waals surface area contributed by atoms with Crippen molar-refractivity contribution in [2.45, 2.75) is 52.7 Å². The second-order valence-corrected chi connectivity index (χ2v) is 8.58. The van der Waals surface area contributed by atoms with Crippen LogP contribution < -0.4 is 4.90 Å². The van der Waals surface area contributed by atoms with Crippen molar-refractivity contribution in [2.24, 2.45) is 0 Å². The molecule has 0 aliphatic rings. The molecule has 0 aliphatic heterocycles. The summed E-state index contributed by atoms with van der Waals surface area (Å²) in [5.74, 6) is 0.703. The Morgan fingerprint density at radius 2 is 2.15 bits per heavy atom. The van der Waals surface area contributed by atoms with Gasteiger partial charge in [0.15, 0.2) is 5.65 Å². The van der Waals surface area contributed by atoms with Gasteiger partial charge in [0.05, 0.1) is 23.9 Å². The average Bonchev–Trinajstić information content (AvgIpc) is 3.19. The molecule has 0 atom stereocenters. The maximum atomic E-state index is 13.0. The van der Waals surface area contributed by atoms with E-state index in [4.69, 9.17) is 16.3 Å². The molecule has 27 heavy (non-hydrogen) atoms. The molecule has 0 unspecified atom stereocenters. The quantitative estimate of drug-likeness (QED) is 0.575. The van der Waals surface area contributed by atoms with Gasteiger partial charge in [0, 0.05) is 17.0 Å². The van der Waals surface area contributed by atoms with Crippen LogP contribution in [0.25, 0.3) is 5.65 Å². The summed E-state index contributed by atoms with van der Waals surface area (Å²) in [5.41, 5.74) is 3.42. The monoisotopic (exact) mass is 407 g/mol. The minimum absolute atomic E-state index is 0.217. The highest BCUT2D eigenvalue weighted by molar-refractivity contribution is 7.07. The van der Waals surface area contributed by atoms with Crippen molar-refractivity contribution in [2.75, 3.05) is 4.90 Å². The minimum atomic E-state index is -0.638. The first-order valence-electron chi connectivity index (χ1n) is 8.57. The van der Waals surface area contributed by atoms with E-state index in [1.807, 2.05) is 26.2 Å². The first-order chi connectivity index (χ1) is 12.7. The molecule has 0 N–H and O–H groups in total. The third-order valence-electron chi connectivity index (χ3n) is 3.77. The zero-order chi connectivity index (χ0) is 19.8. The maximum Gasteiger partial charge on any atom is 0.416 e. The molecule has 3 aromatic rings. The summed E-state index contributed by atoms with van der Waals surface area (Å²) >= 11 is 7.74. The number of carbonyl (C=O) groups is 1. The summed E-state index contributed by atoms with van der Waals surface area (Å²) in [7, 11) is 0. The minimum Gasteiger partial charge on any atom is -0.443 e. The Morgan fingerprint density at radius 3 is 2.74 bits per heavy atom. The highest BCUT2D eigenvalue weighted by atomic mass is 35.5. The SMILES string of the molecule is CC(C)c1cnn2c(N(Cc3cscn3)C(=O)OC(C)(C)C)cc(Cl)nc12. The molecule has 0 saturated heterocycles. The third-order valence-corrected chi connectivity index (χ3v) is 4.59. The van der Waals surface area contributed by atoms with Crippen LogP contribution in [0.4, 0.5) is 10.6 Å². The highest BCUT2D eigenvalue weighted by Gasteiger charge is 2.27. The largest absolute Gasteiger partial charge is 0.443 e. The number of fused-ring (bicyclic) bond motifs is 1. The summed E-state index contributed by atoms with van der Waals surface area (Å²) < 4.78 is 7.23. The molecule has 0 aliphatic carbocycles. The lowest BCUT2D eigenvalue weighted by Crippen LogP contribution is -2.37. The Balaban J connectivity index is 2.12. The van der Waals surface area contributed by atoms with Crippen molar-refractivity contribution in [1.29, 1.82) is 0 Å². The lowest BCUT2D eigenvalue weighted by molar-refractivity contribution is 0.0575.